The van der Waals surface area contributed by atoms with Crippen molar-refractivity contribution in [1.82, 2.24) is 14.5 Å². The summed E-state index contributed by atoms with van der Waals surface area (Å²) in [7, 11) is -3.77. The first-order valence-corrected chi connectivity index (χ1v) is 12.0. The van der Waals surface area contributed by atoms with Crippen LogP contribution in [-0.2, 0) is 32.6 Å². The number of benzene rings is 1. The summed E-state index contributed by atoms with van der Waals surface area (Å²) in [4.78, 5) is 26.1. The van der Waals surface area contributed by atoms with Gasteiger partial charge in [-0.15, -0.1) is 0 Å². The molecule has 0 unspecified atom stereocenters. The maximum Gasteiger partial charge on any atom is 0.251 e. The van der Waals surface area contributed by atoms with Gasteiger partial charge in [-0.05, 0) is 30.3 Å². The van der Waals surface area contributed by atoms with Crippen LogP contribution >= 0.6 is 0 Å². The third-order valence-corrected chi connectivity index (χ3v) is 7.37. The van der Waals surface area contributed by atoms with Gasteiger partial charge in [-0.1, -0.05) is 6.58 Å². The molecule has 176 valence electrons. The van der Waals surface area contributed by atoms with Crippen molar-refractivity contribution < 1.29 is 27.2 Å². The van der Waals surface area contributed by atoms with Crippen LogP contribution in [0.5, 0.6) is 0 Å². The van der Waals surface area contributed by atoms with Crippen molar-refractivity contribution in [3.05, 3.63) is 59.9 Å². The first-order valence-electron chi connectivity index (χ1n) is 10.6. The molecule has 0 spiro atoms. The predicted molar refractivity (Wildman–Crippen MR) is 120 cm³/mol. The van der Waals surface area contributed by atoms with Crippen LogP contribution in [0.3, 0.4) is 0 Å². The highest BCUT2D eigenvalue weighted by atomic mass is 32.2. The first kappa shape index (κ1) is 23.2. The number of ether oxygens (including phenoxy) is 1. The SMILES string of the molecule is C=CC(=O)Nc1cc2c(o1)CN(S(=O)(=O)c1ccc(C(=O)NCCN3CCOCC3)cc1)C2. The number of fused-ring (bicyclic) bond motifs is 1. The topological polar surface area (TPSA) is 121 Å². The van der Waals surface area contributed by atoms with E-state index >= 15 is 0 Å². The Hall–Kier alpha value is -2.99. The van der Waals surface area contributed by atoms with Crippen LogP contribution in [0.2, 0.25) is 0 Å². The zero-order valence-corrected chi connectivity index (χ0v) is 18.9. The molecule has 33 heavy (non-hydrogen) atoms. The molecule has 1 saturated heterocycles. The number of carbonyl (C=O) groups is 2. The Morgan fingerprint density at radius 2 is 1.85 bits per heavy atom. The largest absolute Gasteiger partial charge is 0.444 e. The van der Waals surface area contributed by atoms with Gasteiger partial charge >= 0.3 is 0 Å². The summed E-state index contributed by atoms with van der Waals surface area (Å²) in [6.07, 6.45) is 1.12. The molecule has 2 aliphatic rings. The van der Waals surface area contributed by atoms with Crippen LogP contribution in [-0.4, -0.2) is 68.8 Å². The van der Waals surface area contributed by atoms with Gasteiger partial charge in [0.1, 0.15) is 5.76 Å². The van der Waals surface area contributed by atoms with E-state index in [1.165, 1.54) is 28.6 Å². The molecular weight excluding hydrogens is 448 g/mol. The zero-order valence-electron chi connectivity index (χ0n) is 18.1. The lowest BCUT2D eigenvalue weighted by atomic mass is 10.2. The number of anilines is 1. The van der Waals surface area contributed by atoms with Crippen LogP contribution in [0.15, 0.2) is 52.3 Å². The van der Waals surface area contributed by atoms with Crippen molar-refractivity contribution in [2.75, 3.05) is 44.7 Å². The van der Waals surface area contributed by atoms with Crippen molar-refractivity contribution in [1.29, 1.82) is 0 Å². The van der Waals surface area contributed by atoms with Crippen molar-refractivity contribution in [3.8, 4) is 0 Å². The van der Waals surface area contributed by atoms with Crippen LogP contribution in [0, 0.1) is 0 Å². The van der Waals surface area contributed by atoms with Gasteiger partial charge in [0, 0.05) is 49.9 Å². The molecule has 10 nitrogen and oxygen atoms in total. The lowest BCUT2D eigenvalue weighted by Crippen LogP contribution is -2.41. The van der Waals surface area contributed by atoms with Crippen molar-refractivity contribution >= 4 is 27.7 Å². The molecule has 2 aromatic rings. The normalized spacial score (nSPS) is 16.8. The predicted octanol–water partition coefficient (Wildman–Crippen LogP) is 1.17. The van der Waals surface area contributed by atoms with E-state index in [1.807, 2.05) is 0 Å². The molecule has 2 amide bonds. The monoisotopic (exact) mass is 474 g/mol. The van der Waals surface area contributed by atoms with E-state index in [9.17, 15) is 18.0 Å². The molecule has 0 aliphatic carbocycles. The van der Waals surface area contributed by atoms with E-state index in [0.29, 0.717) is 36.6 Å². The van der Waals surface area contributed by atoms with Gasteiger partial charge in [0.25, 0.3) is 5.91 Å². The quantitative estimate of drug-likeness (QED) is 0.551. The molecule has 0 radical (unpaired) electrons. The van der Waals surface area contributed by atoms with Crippen LogP contribution in [0.4, 0.5) is 5.88 Å². The highest BCUT2D eigenvalue weighted by Crippen LogP contribution is 2.32. The number of hydrogen-bond acceptors (Lipinski definition) is 7. The van der Waals surface area contributed by atoms with Gasteiger partial charge in [-0.3, -0.25) is 19.8 Å². The third kappa shape index (κ3) is 5.33. The zero-order chi connectivity index (χ0) is 23.4. The van der Waals surface area contributed by atoms with Gasteiger partial charge in [-0.2, -0.15) is 4.31 Å². The molecule has 1 aromatic heterocycles. The minimum Gasteiger partial charge on any atom is -0.444 e. The Labute approximate surface area is 192 Å². The van der Waals surface area contributed by atoms with E-state index in [0.717, 1.165) is 25.7 Å². The van der Waals surface area contributed by atoms with E-state index in [-0.39, 0.29) is 29.8 Å². The van der Waals surface area contributed by atoms with Gasteiger partial charge in [0.05, 0.1) is 24.7 Å². The standard InChI is InChI=1S/C22H26N4O6S/c1-2-20(27)24-21-13-17-14-26(15-19(17)32-21)33(29,30)18-5-3-16(4-6-18)22(28)23-7-8-25-9-11-31-12-10-25/h2-6,13H,1,7-12,14-15H2,(H,23,28)(H,24,27). The van der Waals surface area contributed by atoms with Gasteiger partial charge < -0.3 is 14.5 Å². The van der Waals surface area contributed by atoms with Crippen molar-refractivity contribution in [2.45, 2.75) is 18.0 Å². The molecule has 0 atom stereocenters. The molecule has 4 rings (SSSR count). The summed E-state index contributed by atoms with van der Waals surface area (Å²) >= 11 is 0. The molecule has 3 heterocycles. The maximum atomic E-state index is 13.0. The van der Waals surface area contributed by atoms with Crippen molar-refractivity contribution in [2.24, 2.45) is 0 Å². The minimum atomic E-state index is -3.77. The van der Waals surface area contributed by atoms with Gasteiger partial charge in [0.15, 0.2) is 5.88 Å². The molecule has 2 aliphatic heterocycles. The van der Waals surface area contributed by atoms with Crippen LogP contribution in [0.1, 0.15) is 21.7 Å². The molecule has 2 N–H and O–H groups in total. The van der Waals surface area contributed by atoms with E-state index < -0.39 is 15.9 Å². The fraction of sp³-hybridized carbons (Fsp3) is 0.364. The van der Waals surface area contributed by atoms with E-state index in [1.54, 1.807) is 6.07 Å². The summed E-state index contributed by atoms with van der Waals surface area (Å²) in [6.45, 7) is 7.92. The molecule has 0 saturated carbocycles. The van der Waals surface area contributed by atoms with Gasteiger partial charge in [0.2, 0.25) is 15.9 Å². The third-order valence-electron chi connectivity index (χ3n) is 5.57. The fourth-order valence-corrected chi connectivity index (χ4v) is 5.10. The first-order chi connectivity index (χ1) is 15.9. The second-order valence-electron chi connectivity index (χ2n) is 7.76. The molecule has 0 bridgehead atoms. The van der Waals surface area contributed by atoms with Crippen molar-refractivity contribution in [3.63, 3.8) is 0 Å². The molecule has 1 aromatic carbocycles. The molecular formula is C22H26N4O6S. The fourth-order valence-electron chi connectivity index (χ4n) is 3.73. The summed E-state index contributed by atoms with van der Waals surface area (Å²) in [6, 6.07) is 7.49. The number of hydrogen-bond donors (Lipinski definition) is 2. The van der Waals surface area contributed by atoms with Crippen LogP contribution < -0.4 is 10.6 Å². The van der Waals surface area contributed by atoms with Gasteiger partial charge in [-0.25, -0.2) is 8.42 Å². The Morgan fingerprint density at radius 1 is 1.12 bits per heavy atom. The summed E-state index contributed by atoms with van der Waals surface area (Å²) in [5, 5.41) is 5.38. The second kappa shape index (κ2) is 9.87. The smallest absolute Gasteiger partial charge is 0.251 e. The second-order valence-corrected chi connectivity index (χ2v) is 9.70. The number of carbonyl (C=O) groups excluding carboxylic acids is 2. The number of nitrogens with zero attached hydrogens (tertiary/aromatic N) is 2. The molecule has 11 heteroatoms. The number of rotatable bonds is 8. The summed E-state index contributed by atoms with van der Waals surface area (Å²) < 4.78 is 38.2. The van der Waals surface area contributed by atoms with E-state index in [2.05, 4.69) is 22.1 Å². The number of morpholine rings is 1. The number of sulfonamides is 1. The summed E-state index contributed by atoms with van der Waals surface area (Å²) in [5.41, 5.74) is 1.08. The average Bonchev–Trinajstić information content (AvgIpc) is 3.39. The Bertz CT molecular complexity index is 1110. The number of nitrogens with one attached hydrogen (secondary N) is 2. The summed E-state index contributed by atoms with van der Waals surface area (Å²) in [5.74, 6) is 0.0823. The lowest BCUT2D eigenvalue weighted by molar-refractivity contribution is -0.112. The van der Waals surface area contributed by atoms with Crippen LogP contribution in [0.25, 0.3) is 0 Å². The number of furan rings is 1. The minimum absolute atomic E-state index is 0.0609. The Kier molecular flexibility index (Phi) is 6.94. The highest BCUT2D eigenvalue weighted by Gasteiger charge is 2.33. The Morgan fingerprint density at radius 3 is 2.52 bits per heavy atom. The molecule has 1 fully saturated rings. The lowest BCUT2D eigenvalue weighted by Gasteiger charge is -2.26. The Balaban J connectivity index is 1.33. The van der Waals surface area contributed by atoms with E-state index in [4.69, 9.17) is 9.15 Å². The maximum absolute atomic E-state index is 13.0. The number of amides is 2. The average molecular weight is 475 g/mol. The highest BCUT2D eigenvalue weighted by molar-refractivity contribution is 7.89.